The van der Waals surface area contributed by atoms with Crippen LogP contribution in [0.1, 0.15) is 45.4 Å². The van der Waals surface area contributed by atoms with E-state index < -0.39 is 5.54 Å². The van der Waals surface area contributed by atoms with Crippen molar-refractivity contribution in [3.05, 3.63) is 0 Å². The Morgan fingerprint density at radius 2 is 2.00 bits per heavy atom. The number of amides is 1. The second-order valence-electron chi connectivity index (χ2n) is 7.05. The number of hydrogen-bond acceptors (Lipinski definition) is 4. The highest BCUT2D eigenvalue weighted by Crippen LogP contribution is 2.36. The monoisotopic (exact) mass is 296 g/mol. The van der Waals surface area contributed by atoms with Gasteiger partial charge in [0, 0.05) is 12.1 Å². The van der Waals surface area contributed by atoms with Crippen molar-refractivity contribution < 1.29 is 4.79 Å². The van der Waals surface area contributed by atoms with E-state index >= 15 is 0 Å². The first-order chi connectivity index (χ1) is 9.97. The van der Waals surface area contributed by atoms with Gasteiger partial charge in [-0.3, -0.25) is 4.79 Å². The van der Waals surface area contributed by atoms with Crippen LogP contribution in [0.4, 0.5) is 0 Å². The molecular weight excluding hydrogens is 264 g/mol. The Labute approximate surface area is 129 Å². The van der Waals surface area contributed by atoms with Crippen LogP contribution >= 0.6 is 0 Å². The summed E-state index contributed by atoms with van der Waals surface area (Å²) in [6.07, 6.45) is 6.43. The molecule has 2 atom stereocenters. The van der Waals surface area contributed by atoms with Gasteiger partial charge in [0.25, 0.3) is 0 Å². The fourth-order valence-corrected chi connectivity index (χ4v) is 3.56. The molecule has 1 amide bonds. The molecular formula is C16H32N4O. The van der Waals surface area contributed by atoms with Gasteiger partial charge >= 0.3 is 0 Å². The number of carbonyl (C=O) groups excluding carboxylic acids is 1. The van der Waals surface area contributed by atoms with Crippen LogP contribution in [0.2, 0.25) is 0 Å². The summed E-state index contributed by atoms with van der Waals surface area (Å²) < 4.78 is 0. The molecule has 0 radical (unpaired) electrons. The summed E-state index contributed by atoms with van der Waals surface area (Å²) in [5.41, 5.74) is 5.28. The smallest absolute Gasteiger partial charge is 0.237 e. The quantitative estimate of drug-likeness (QED) is 0.660. The van der Waals surface area contributed by atoms with E-state index in [9.17, 15) is 4.79 Å². The first-order valence-electron chi connectivity index (χ1n) is 8.43. The molecule has 2 unspecified atom stereocenters. The van der Waals surface area contributed by atoms with Gasteiger partial charge in [-0.1, -0.05) is 6.92 Å². The molecule has 0 heterocycles. The van der Waals surface area contributed by atoms with E-state index in [2.05, 4.69) is 36.1 Å². The molecule has 0 aromatic carbocycles. The van der Waals surface area contributed by atoms with E-state index in [-0.39, 0.29) is 5.91 Å². The molecule has 2 aliphatic carbocycles. The van der Waals surface area contributed by atoms with Crippen LogP contribution in [-0.4, -0.2) is 67.1 Å². The Morgan fingerprint density at radius 1 is 1.29 bits per heavy atom. The lowest BCUT2D eigenvalue weighted by Gasteiger charge is -2.31. The number of primary amides is 1. The van der Waals surface area contributed by atoms with Crippen molar-refractivity contribution in [1.82, 2.24) is 15.1 Å². The topological polar surface area (TPSA) is 61.6 Å². The van der Waals surface area contributed by atoms with Crippen LogP contribution in [0.3, 0.4) is 0 Å². The summed E-state index contributed by atoms with van der Waals surface area (Å²) in [5, 5.41) is 3.54. The number of hydrogen-bond donors (Lipinski definition) is 2. The molecule has 0 bridgehead atoms. The van der Waals surface area contributed by atoms with Gasteiger partial charge in [-0.15, -0.1) is 0 Å². The van der Waals surface area contributed by atoms with Crippen molar-refractivity contribution in [2.75, 3.05) is 33.7 Å². The van der Waals surface area contributed by atoms with Gasteiger partial charge in [-0.2, -0.15) is 0 Å². The van der Waals surface area contributed by atoms with Crippen molar-refractivity contribution in [2.45, 2.75) is 63.1 Å². The first kappa shape index (κ1) is 16.7. The highest BCUT2D eigenvalue weighted by Gasteiger charge is 2.47. The van der Waals surface area contributed by atoms with Crippen LogP contribution in [-0.2, 0) is 4.79 Å². The Bertz CT molecular complexity index is 356. The number of nitrogens with zero attached hydrogens (tertiary/aromatic N) is 2. The van der Waals surface area contributed by atoms with Gasteiger partial charge in [0.1, 0.15) is 0 Å². The van der Waals surface area contributed by atoms with Crippen molar-refractivity contribution in [3.8, 4) is 0 Å². The van der Waals surface area contributed by atoms with E-state index in [1.807, 2.05) is 0 Å². The minimum absolute atomic E-state index is 0.152. The zero-order valence-electron chi connectivity index (χ0n) is 13.9. The van der Waals surface area contributed by atoms with Gasteiger partial charge < -0.3 is 20.9 Å². The van der Waals surface area contributed by atoms with E-state index in [0.29, 0.717) is 12.1 Å². The number of rotatable bonds is 9. The minimum atomic E-state index is -0.444. The summed E-state index contributed by atoms with van der Waals surface area (Å²) in [6, 6.07) is 1.02. The molecule has 2 aliphatic rings. The summed E-state index contributed by atoms with van der Waals surface area (Å²) in [4.78, 5) is 16.7. The third-order valence-corrected chi connectivity index (χ3v) is 4.99. The van der Waals surface area contributed by atoms with Gasteiger partial charge in [0.15, 0.2) is 0 Å². The molecule has 5 heteroatoms. The first-order valence-corrected chi connectivity index (χ1v) is 8.43. The van der Waals surface area contributed by atoms with E-state index in [4.69, 9.17) is 5.73 Å². The molecule has 122 valence electrons. The van der Waals surface area contributed by atoms with Crippen molar-refractivity contribution in [3.63, 3.8) is 0 Å². The Balaban J connectivity index is 1.89. The molecule has 21 heavy (non-hydrogen) atoms. The predicted octanol–water partition coefficient (Wildman–Crippen LogP) is 0.789. The van der Waals surface area contributed by atoms with Gasteiger partial charge in [-0.25, -0.2) is 0 Å². The van der Waals surface area contributed by atoms with Crippen LogP contribution in [0.5, 0.6) is 0 Å². The van der Waals surface area contributed by atoms with Crippen LogP contribution in [0.15, 0.2) is 0 Å². The highest BCUT2D eigenvalue weighted by atomic mass is 16.1. The Kier molecular flexibility index (Phi) is 5.63. The van der Waals surface area contributed by atoms with E-state index in [1.165, 1.54) is 19.3 Å². The average Bonchev–Trinajstić information content (AvgIpc) is 3.12. The Hall–Kier alpha value is -0.650. The van der Waals surface area contributed by atoms with Crippen molar-refractivity contribution in [1.29, 1.82) is 0 Å². The molecule has 3 N–H and O–H groups in total. The standard InChI is InChI=1S/C16H32N4O/c1-4-20(11-5-10-19(2)3)14-8-9-16(12-14,15(17)21)18-13-6-7-13/h13-14,18H,4-12H2,1-3H3,(H2,17,21). The second kappa shape index (κ2) is 7.07. The molecule has 2 fully saturated rings. The number of carbonyl (C=O) groups is 1. The molecule has 0 aliphatic heterocycles. The molecule has 0 aromatic heterocycles. The normalized spacial score (nSPS) is 29.5. The van der Waals surface area contributed by atoms with Gasteiger partial charge in [0.2, 0.25) is 5.91 Å². The molecule has 0 saturated heterocycles. The fraction of sp³-hybridized carbons (Fsp3) is 0.938. The molecule has 5 nitrogen and oxygen atoms in total. The zero-order valence-corrected chi connectivity index (χ0v) is 13.9. The van der Waals surface area contributed by atoms with Gasteiger partial charge in [0.05, 0.1) is 5.54 Å². The number of nitrogens with one attached hydrogen (secondary N) is 1. The number of nitrogens with two attached hydrogens (primary N) is 1. The molecule has 0 aromatic rings. The minimum Gasteiger partial charge on any atom is -0.368 e. The van der Waals surface area contributed by atoms with Crippen LogP contribution in [0, 0.1) is 0 Å². The zero-order chi connectivity index (χ0) is 15.5. The van der Waals surface area contributed by atoms with E-state index in [1.54, 1.807) is 0 Å². The summed E-state index contributed by atoms with van der Waals surface area (Å²) in [5.74, 6) is -0.152. The fourth-order valence-electron chi connectivity index (χ4n) is 3.56. The lowest BCUT2D eigenvalue weighted by atomic mass is 9.96. The maximum Gasteiger partial charge on any atom is 0.237 e. The Morgan fingerprint density at radius 3 is 2.52 bits per heavy atom. The van der Waals surface area contributed by atoms with Crippen molar-refractivity contribution in [2.24, 2.45) is 5.73 Å². The third kappa shape index (κ3) is 4.41. The maximum absolute atomic E-state index is 12.0. The maximum atomic E-state index is 12.0. The van der Waals surface area contributed by atoms with Crippen LogP contribution in [0.25, 0.3) is 0 Å². The van der Waals surface area contributed by atoms with Crippen molar-refractivity contribution >= 4 is 5.91 Å². The van der Waals surface area contributed by atoms with E-state index in [0.717, 1.165) is 38.9 Å². The lowest BCUT2D eigenvalue weighted by molar-refractivity contribution is -0.124. The lowest BCUT2D eigenvalue weighted by Crippen LogP contribution is -2.55. The predicted molar refractivity (Wildman–Crippen MR) is 86.1 cm³/mol. The average molecular weight is 296 g/mol. The second-order valence-corrected chi connectivity index (χ2v) is 7.05. The molecule has 2 rings (SSSR count). The van der Waals surface area contributed by atoms with Gasteiger partial charge in [-0.05, 0) is 72.3 Å². The summed E-state index contributed by atoms with van der Waals surface area (Å²) >= 11 is 0. The third-order valence-electron chi connectivity index (χ3n) is 4.99. The summed E-state index contributed by atoms with van der Waals surface area (Å²) in [7, 11) is 4.23. The SMILES string of the molecule is CCN(CCCN(C)C)C1CCC(NC2CC2)(C(N)=O)C1. The summed E-state index contributed by atoms with van der Waals surface area (Å²) in [6.45, 7) is 5.49. The molecule has 0 spiro atoms. The largest absolute Gasteiger partial charge is 0.368 e. The van der Waals surface area contributed by atoms with Crippen LogP contribution < -0.4 is 11.1 Å². The highest BCUT2D eigenvalue weighted by molar-refractivity contribution is 5.85. The molecule has 2 saturated carbocycles.